The maximum absolute atomic E-state index is 12.6. The molecule has 3 nitrogen and oxygen atoms in total. The van der Waals surface area contributed by atoms with E-state index < -0.39 is 0 Å². The van der Waals surface area contributed by atoms with Gasteiger partial charge in [-0.2, -0.15) is 0 Å². The second kappa shape index (κ2) is 9.03. The van der Waals surface area contributed by atoms with Crippen LogP contribution in [0.15, 0.2) is 76.6 Å². The van der Waals surface area contributed by atoms with Crippen LogP contribution in [0, 0.1) is 0 Å². The Balaban J connectivity index is 1.48. The molecule has 5 heteroatoms. The minimum atomic E-state index is 0.212. The predicted octanol–water partition coefficient (Wildman–Crippen LogP) is 4.99. The van der Waals surface area contributed by atoms with E-state index >= 15 is 0 Å². The van der Waals surface area contributed by atoms with Crippen molar-refractivity contribution in [2.24, 2.45) is 0 Å². The number of piperazine rings is 1. The number of rotatable bonds is 5. The first-order valence-electron chi connectivity index (χ1n) is 9.55. The van der Waals surface area contributed by atoms with Crippen LogP contribution in [-0.4, -0.2) is 41.9 Å². The normalized spacial score (nSPS) is 16.1. The molecule has 1 aliphatic heterocycles. The second-order valence-corrected chi connectivity index (χ2v) is 8.99. The van der Waals surface area contributed by atoms with Gasteiger partial charge >= 0.3 is 0 Å². The van der Waals surface area contributed by atoms with Crippen molar-refractivity contribution in [2.75, 3.05) is 26.2 Å². The summed E-state index contributed by atoms with van der Waals surface area (Å²) in [6.45, 7) is 3.33. The van der Waals surface area contributed by atoms with Gasteiger partial charge in [0.05, 0.1) is 12.5 Å². The van der Waals surface area contributed by atoms with E-state index in [1.54, 1.807) is 11.3 Å². The Labute approximate surface area is 178 Å². The molecule has 0 bridgehead atoms. The van der Waals surface area contributed by atoms with E-state index in [-0.39, 0.29) is 11.9 Å². The summed E-state index contributed by atoms with van der Waals surface area (Å²) >= 11 is 5.19. The molecular formula is C23H23BrN2OS. The Hall–Kier alpha value is -1.95. The van der Waals surface area contributed by atoms with Crippen LogP contribution in [0.25, 0.3) is 0 Å². The summed E-state index contributed by atoms with van der Waals surface area (Å²) in [7, 11) is 0. The summed E-state index contributed by atoms with van der Waals surface area (Å²) in [5.74, 6) is 0.238. The maximum atomic E-state index is 12.6. The van der Waals surface area contributed by atoms with E-state index in [9.17, 15) is 4.79 Å². The number of nitrogens with zero attached hydrogens (tertiary/aromatic N) is 2. The van der Waals surface area contributed by atoms with Gasteiger partial charge in [-0.25, -0.2) is 0 Å². The van der Waals surface area contributed by atoms with Gasteiger partial charge in [-0.3, -0.25) is 9.69 Å². The number of carbonyl (C=O) groups excluding carboxylic acids is 1. The average Bonchev–Trinajstić information content (AvgIpc) is 3.24. The Morgan fingerprint density at radius 2 is 1.57 bits per heavy atom. The second-order valence-electron chi connectivity index (χ2n) is 7.04. The monoisotopic (exact) mass is 454 g/mol. The van der Waals surface area contributed by atoms with Gasteiger partial charge in [-0.05, 0) is 34.7 Å². The fourth-order valence-electron chi connectivity index (χ4n) is 3.80. The van der Waals surface area contributed by atoms with E-state index in [4.69, 9.17) is 0 Å². The zero-order valence-corrected chi connectivity index (χ0v) is 18.0. The number of benzene rings is 2. The molecule has 4 rings (SSSR count). The van der Waals surface area contributed by atoms with Crippen LogP contribution in [-0.2, 0) is 11.2 Å². The molecule has 1 saturated heterocycles. The topological polar surface area (TPSA) is 23.6 Å². The molecule has 1 aromatic heterocycles. The number of amides is 1. The Morgan fingerprint density at radius 1 is 0.893 bits per heavy atom. The average molecular weight is 455 g/mol. The van der Waals surface area contributed by atoms with Gasteiger partial charge in [-0.15, -0.1) is 11.3 Å². The molecule has 1 aliphatic rings. The minimum absolute atomic E-state index is 0.212. The summed E-state index contributed by atoms with van der Waals surface area (Å²) < 4.78 is 1.09. The third-order valence-corrected chi connectivity index (χ3v) is 6.64. The number of halogens is 1. The summed E-state index contributed by atoms with van der Waals surface area (Å²) in [4.78, 5) is 18.3. The highest BCUT2D eigenvalue weighted by Gasteiger charge is 2.28. The number of hydrogen-bond donors (Lipinski definition) is 0. The van der Waals surface area contributed by atoms with E-state index in [0.29, 0.717) is 6.42 Å². The number of hydrogen-bond acceptors (Lipinski definition) is 3. The highest BCUT2D eigenvalue weighted by Crippen LogP contribution is 2.30. The van der Waals surface area contributed by atoms with Gasteiger partial charge in [0, 0.05) is 35.5 Å². The molecule has 0 spiro atoms. The number of thiophene rings is 1. The lowest BCUT2D eigenvalue weighted by molar-refractivity contribution is -0.132. The maximum Gasteiger partial charge on any atom is 0.227 e. The van der Waals surface area contributed by atoms with Crippen LogP contribution in [0.2, 0.25) is 0 Å². The van der Waals surface area contributed by atoms with Crippen molar-refractivity contribution in [1.29, 1.82) is 0 Å². The van der Waals surface area contributed by atoms with Crippen LogP contribution < -0.4 is 0 Å². The summed E-state index contributed by atoms with van der Waals surface area (Å²) in [5, 5.41) is 2.03. The van der Waals surface area contributed by atoms with Crippen LogP contribution in [0.1, 0.15) is 22.0 Å². The molecule has 0 N–H and O–H groups in total. The zero-order valence-electron chi connectivity index (χ0n) is 15.6. The van der Waals surface area contributed by atoms with E-state index in [2.05, 4.69) is 75.4 Å². The third-order valence-electron chi connectivity index (χ3n) is 5.24. The van der Waals surface area contributed by atoms with E-state index in [1.807, 2.05) is 22.4 Å². The summed E-state index contributed by atoms with van der Waals surface area (Å²) in [6.07, 6.45) is 0.520. The lowest BCUT2D eigenvalue weighted by Gasteiger charge is -2.39. The zero-order chi connectivity index (χ0) is 19.3. The number of carbonyl (C=O) groups is 1. The molecule has 0 aliphatic carbocycles. The lowest BCUT2D eigenvalue weighted by Crippen LogP contribution is -2.50. The lowest BCUT2D eigenvalue weighted by atomic mass is 9.96. The molecule has 0 unspecified atom stereocenters. The van der Waals surface area contributed by atoms with Crippen LogP contribution in [0.4, 0.5) is 0 Å². The smallest absolute Gasteiger partial charge is 0.227 e. The SMILES string of the molecule is O=C(Cc1cccs1)N1CCN([C@@H](c2ccccc2)c2ccc(Br)cc2)CC1. The molecule has 28 heavy (non-hydrogen) atoms. The minimum Gasteiger partial charge on any atom is -0.340 e. The quantitative estimate of drug-likeness (QED) is 0.542. The Kier molecular flexibility index (Phi) is 6.25. The van der Waals surface area contributed by atoms with E-state index in [0.717, 1.165) is 35.5 Å². The van der Waals surface area contributed by atoms with Gasteiger partial charge < -0.3 is 4.90 Å². The van der Waals surface area contributed by atoms with Gasteiger partial charge in [0.1, 0.15) is 0 Å². The van der Waals surface area contributed by atoms with Crippen LogP contribution >= 0.6 is 27.3 Å². The van der Waals surface area contributed by atoms with Crippen LogP contribution in [0.3, 0.4) is 0 Å². The van der Waals surface area contributed by atoms with Crippen molar-refractivity contribution in [3.05, 3.63) is 92.6 Å². The molecular weight excluding hydrogens is 432 g/mol. The first-order valence-corrected chi connectivity index (χ1v) is 11.2. The van der Waals surface area contributed by atoms with Crippen molar-refractivity contribution >= 4 is 33.2 Å². The van der Waals surface area contributed by atoms with Crippen molar-refractivity contribution in [3.8, 4) is 0 Å². The van der Waals surface area contributed by atoms with Crippen LogP contribution in [0.5, 0.6) is 0 Å². The van der Waals surface area contributed by atoms with Crippen molar-refractivity contribution in [2.45, 2.75) is 12.5 Å². The van der Waals surface area contributed by atoms with E-state index in [1.165, 1.54) is 11.1 Å². The first kappa shape index (κ1) is 19.4. The first-order chi connectivity index (χ1) is 13.7. The molecule has 1 atom stereocenters. The van der Waals surface area contributed by atoms with Gasteiger partial charge in [0.15, 0.2) is 0 Å². The fraction of sp³-hybridized carbons (Fsp3) is 0.261. The molecule has 0 saturated carbocycles. The molecule has 2 heterocycles. The van der Waals surface area contributed by atoms with Crippen molar-refractivity contribution in [3.63, 3.8) is 0 Å². The highest BCUT2D eigenvalue weighted by molar-refractivity contribution is 9.10. The summed E-state index contributed by atoms with van der Waals surface area (Å²) in [6, 6.07) is 23.5. The van der Waals surface area contributed by atoms with Gasteiger partial charge in [-0.1, -0.05) is 64.5 Å². The Bertz CT molecular complexity index is 888. The fourth-order valence-corrected chi connectivity index (χ4v) is 4.76. The standard InChI is InChI=1S/C23H23BrN2OS/c24-20-10-8-19(9-11-20)23(18-5-2-1-3-6-18)26-14-12-25(13-15-26)22(27)17-21-7-4-16-28-21/h1-11,16,23H,12-15,17H2/t23-/m0/s1. The van der Waals surface area contributed by atoms with Gasteiger partial charge in [0.2, 0.25) is 5.91 Å². The van der Waals surface area contributed by atoms with Crippen molar-refractivity contribution < 1.29 is 4.79 Å². The van der Waals surface area contributed by atoms with Crippen molar-refractivity contribution in [1.82, 2.24) is 9.80 Å². The largest absolute Gasteiger partial charge is 0.340 e. The molecule has 1 fully saturated rings. The molecule has 0 radical (unpaired) electrons. The summed E-state index contributed by atoms with van der Waals surface area (Å²) in [5.41, 5.74) is 2.58. The third kappa shape index (κ3) is 4.54. The predicted molar refractivity (Wildman–Crippen MR) is 119 cm³/mol. The Morgan fingerprint density at radius 3 is 2.21 bits per heavy atom. The van der Waals surface area contributed by atoms with Gasteiger partial charge in [0.25, 0.3) is 0 Å². The highest BCUT2D eigenvalue weighted by atomic mass is 79.9. The molecule has 1 amide bonds. The molecule has 3 aromatic rings. The molecule has 2 aromatic carbocycles. The molecule has 144 valence electrons.